The number of esters is 1. The van der Waals surface area contributed by atoms with Gasteiger partial charge in [-0.2, -0.15) is 0 Å². The molecule has 1 amide bonds. The van der Waals surface area contributed by atoms with Gasteiger partial charge in [-0.05, 0) is 44.0 Å². The maximum atomic E-state index is 12.7. The predicted molar refractivity (Wildman–Crippen MR) is 91.3 cm³/mol. The van der Waals surface area contributed by atoms with Crippen LogP contribution >= 0.6 is 15.9 Å². The van der Waals surface area contributed by atoms with Gasteiger partial charge in [0.15, 0.2) is 0 Å². The van der Waals surface area contributed by atoms with E-state index in [9.17, 15) is 9.59 Å². The van der Waals surface area contributed by atoms with Gasteiger partial charge >= 0.3 is 5.97 Å². The Hall–Kier alpha value is -1.82. The molecule has 1 unspecified atom stereocenters. The van der Waals surface area contributed by atoms with Crippen molar-refractivity contribution in [2.75, 3.05) is 19.7 Å². The van der Waals surface area contributed by atoms with Crippen molar-refractivity contribution in [1.82, 2.24) is 9.88 Å². The summed E-state index contributed by atoms with van der Waals surface area (Å²) in [6.07, 6.45) is 1.60. The van der Waals surface area contributed by atoms with Crippen LogP contribution < -0.4 is 0 Å². The number of ether oxygens (including phenoxy) is 1. The number of nitrogens with zero attached hydrogens (tertiary/aromatic N) is 1. The van der Waals surface area contributed by atoms with E-state index in [-0.39, 0.29) is 17.8 Å². The van der Waals surface area contributed by atoms with E-state index in [1.54, 1.807) is 11.8 Å². The standard InChI is InChI=1S/C17H19BrN2O3/c1-2-23-17(22)11-4-3-7-20(10-11)16(21)15-9-12-8-13(18)5-6-14(12)19-15/h5-6,8-9,11,19H,2-4,7,10H2,1H3. The van der Waals surface area contributed by atoms with Crippen LogP contribution in [-0.4, -0.2) is 41.5 Å². The van der Waals surface area contributed by atoms with Gasteiger partial charge in [0.05, 0.1) is 12.5 Å². The van der Waals surface area contributed by atoms with Crippen molar-refractivity contribution < 1.29 is 14.3 Å². The molecule has 1 saturated heterocycles. The molecule has 5 nitrogen and oxygen atoms in total. The van der Waals surface area contributed by atoms with Gasteiger partial charge in [-0.1, -0.05) is 15.9 Å². The molecule has 0 bridgehead atoms. The number of hydrogen-bond donors (Lipinski definition) is 1. The summed E-state index contributed by atoms with van der Waals surface area (Å²) >= 11 is 3.43. The molecular formula is C17H19BrN2O3. The minimum absolute atomic E-state index is 0.0636. The summed E-state index contributed by atoms with van der Waals surface area (Å²) in [5.74, 6) is -0.483. The van der Waals surface area contributed by atoms with Crippen molar-refractivity contribution in [2.45, 2.75) is 19.8 Å². The SMILES string of the molecule is CCOC(=O)C1CCCN(C(=O)c2cc3cc(Br)ccc3[nH]2)C1. The second-order valence-corrected chi connectivity index (χ2v) is 6.67. The molecule has 6 heteroatoms. The molecule has 0 saturated carbocycles. The van der Waals surface area contributed by atoms with E-state index < -0.39 is 0 Å². The number of H-pyrrole nitrogens is 1. The Morgan fingerprint density at radius 2 is 2.22 bits per heavy atom. The van der Waals surface area contributed by atoms with Crippen LogP contribution in [0.15, 0.2) is 28.7 Å². The highest BCUT2D eigenvalue weighted by Gasteiger charge is 2.30. The summed E-state index contributed by atoms with van der Waals surface area (Å²) < 4.78 is 6.06. The molecule has 0 radical (unpaired) electrons. The molecule has 0 spiro atoms. The third-order valence-corrected chi connectivity index (χ3v) is 4.63. The molecule has 2 aromatic rings. The van der Waals surface area contributed by atoms with Crippen molar-refractivity contribution in [3.63, 3.8) is 0 Å². The van der Waals surface area contributed by atoms with Crippen molar-refractivity contribution >= 4 is 38.7 Å². The second kappa shape index (κ2) is 6.74. The zero-order valence-electron chi connectivity index (χ0n) is 13.0. The maximum Gasteiger partial charge on any atom is 0.310 e. The number of carbonyl (C=O) groups is 2. The van der Waals surface area contributed by atoms with Crippen LogP contribution in [0.5, 0.6) is 0 Å². The van der Waals surface area contributed by atoms with Crippen LogP contribution in [0.1, 0.15) is 30.3 Å². The first-order chi connectivity index (χ1) is 11.1. The zero-order valence-corrected chi connectivity index (χ0v) is 14.6. The molecule has 1 aliphatic rings. The third-order valence-electron chi connectivity index (χ3n) is 4.14. The van der Waals surface area contributed by atoms with Crippen LogP contribution in [0.2, 0.25) is 0 Å². The smallest absolute Gasteiger partial charge is 0.310 e. The first kappa shape index (κ1) is 16.1. The summed E-state index contributed by atoms with van der Waals surface area (Å²) in [6, 6.07) is 7.70. The highest BCUT2D eigenvalue weighted by atomic mass is 79.9. The van der Waals surface area contributed by atoms with Crippen LogP contribution in [0.4, 0.5) is 0 Å². The van der Waals surface area contributed by atoms with Crippen molar-refractivity contribution in [1.29, 1.82) is 0 Å². The van der Waals surface area contributed by atoms with E-state index in [0.717, 1.165) is 28.2 Å². The molecule has 122 valence electrons. The Morgan fingerprint density at radius 3 is 3.00 bits per heavy atom. The number of benzene rings is 1. The van der Waals surface area contributed by atoms with Gasteiger partial charge in [0.25, 0.3) is 5.91 Å². The average molecular weight is 379 g/mol. The molecule has 1 aliphatic heterocycles. The van der Waals surface area contributed by atoms with E-state index in [1.807, 2.05) is 24.3 Å². The number of fused-ring (bicyclic) bond motifs is 1. The minimum Gasteiger partial charge on any atom is -0.466 e. The van der Waals surface area contributed by atoms with E-state index in [2.05, 4.69) is 20.9 Å². The summed E-state index contributed by atoms with van der Waals surface area (Å²) in [5.41, 5.74) is 1.48. The fourth-order valence-corrected chi connectivity index (χ4v) is 3.38. The normalized spacial score (nSPS) is 18.2. The number of aromatic amines is 1. The number of carbonyl (C=O) groups excluding carboxylic acids is 2. The van der Waals surface area contributed by atoms with Gasteiger partial charge in [-0.15, -0.1) is 0 Å². The summed E-state index contributed by atoms with van der Waals surface area (Å²) in [5, 5.41) is 0.988. The number of rotatable bonds is 3. The topological polar surface area (TPSA) is 62.4 Å². The van der Waals surface area contributed by atoms with Crippen LogP contribution in [-0.2, 0) is 9.53 Å². The summed E-state index contributed by atoms with van der Waals surface area (Å²) in [6.45, 7) is 3.27. The third kappa shape index (κ3) is 3.42. The molecule has 0 aliphatic carbocycles. The Morgan fingerprint density at radius 1 is 1.39 bits per heavy atom. The van der Waals surface area contributed by atoms with Gasteiger partial charge in [-0.3, -0.25) is 9.59 Å². The number of likely N-dealkylation sites (tertiary alicyclic amines) is 1. The monoisotopic (exact) mass is 378 g/mol. The molecule has 1 atom stereocenters. The quantitative estimate of drug-likeness (QED) is 0.832. The molecule has 1 N–H and O–H groups in total. The van der Waals surface area contributed by atoms with Crippen LogP contribution in [0.3, 0.4) is 0 Å². The molecular weight excluding hydrogens is 360 g/mol. The lowest BCUT2D eigenvalue weighted by atomic mass is 9.98. The number of hydrogen-bond acceptors (Lipinski definition) is 3. The van der Waals surface area contributed by atoms with Gasteiger partial charge in [0, 0.05) is 28.5 Å². The molecule has 3 rings (SSSR count). The fraction of sp³-hybridized carbons (Fsp3) is 0.412. The molecule has 2 heterocycles. The number of amides is 1. The highest BCUT2D eigenvalue weighted by molar-refractivity contribution is 9.10. The van der Waals surface area contributed by atoms with Gasteiger partial charge in [-0.25, -0.2) is 0 Å². The van der Waals surface area contributed by atoms with Crippen molar-refractivity contribution in [3.8, 4) is 0 Å². The lowest BCUT2D eigenvalue weighted by Gasteiger charge is -2.31. The Labute approximate surface area is 143 Å². The van der Waals surface area contributed by atoms with Gasteiger partial charge < -0.3 is 14.6 Å². The highest BCUT2D eigenvalue weighted by Crippen LogP contribution is 2.23. The molecule has 1 aromatic heterocycles. The van der Waals surface area contributed by atoms with Crippen LogP contribution in [0.25, 0.3) is 10.9 Å². The van der Waals surface area contributed by atoms with E-state index in [4.69, 9.17) is 4.74 Å². The van der Waals surface area contributed by atoms with E-state index in [0.29, 0.717) is 25.4 Å². The Kier molecular flexibility index (Phi) is 4.71. The van der Waals surface area contributed by atoms with Gasteiger partial charge in [0.1, 0.15) is 5.69 Å². The second-order valence-electron chi connectivity index (χ2n) is 5.76. The number of nitrogens with one attached hydrogen (secondary N) is 1. The van der Waals surface area contributed by atoms with E-state index >= 15 is 0 Å². The van der Waals surface area contributed by atoms with Crippen molar-refractivity contribution in [3.05, 3.63) is 34.4 Å². The summed E-state index contributed by atoms with van der Waals surface area (Å²) in [4.78, 5) is 29.5. The number of aromatic nitrogens is 1. The molecule has 1 aromatic carbocycles. The van der Waals surface area contributed by atoms with E-state index in [1.165, 1.54) is 0 Å². The summed E-state index contributed by atoms with van der Waals surface area (Å²) in [7, 11) is 0. The number of piperidine rings is 1. The Balaban J connectivity index is 1.77. The first-order valence-electron chi connectivity index (χ1n) is 7.82. The first-order valence-corrected chi connectivity index (χ1v) is 8.62. The molecule has 1 fully saturated rings. The lowest BCUT2D eigenvalue weighted by molar-refractivity contribution is -0.149. The zero-order chi connectivity index (χ0) is 16.4. The Bertz CT molecular complexity index is 741. The van der Waals surface area contributed by atoms with Gasteiger partial charge in [0.2, 0.25) is 0 Å². The maximum absolute atomic E-state index is 12.7. The predicted octanol–water partition coefficient (Wildman–Crippen LogP) is 3.35. The minimum atomic E-state index is -0.217. The van der Waals surface area contributed by atoms with Crippen LogP contribution in [0, 0.1) is 5.92 Å². The van der Waals surface area contributed by atoms with Crippen molar-refractivity contribution in [2.24, 2.45) is 5.92 Å². The largest absolute Gasteiger partial charge is 0.466 e. The number of halogens is 1. The fourth-order valence-electron chi connectivity index (χ4n) is 3.00. The average Bonchev–Trinajstić information content (AvgIpc) is 2.97. The molecule has 23 heavy (non-hydrogen) atoms. The lowest BCUT2D eigenvalue weighted by Crippen LogP contribution is -2.42.